The summed E-state index contributed by atoms with van der Waals surface area (Å²) in [6, 6.07) is 5.34. The van der Waals surface area contributed by atoms with Crippen molar-refractivity contribution in [2.24, 2.45) is 0 Å². The molecular weight excluding hydrogens is 452 g/mol. The average Bonchev–Trinajstić information content (AvgIpc) is 3.25. The standard InChI is InChI=1S/C15H16N8O2S4/c1-7-2-8(18-10(24)5-26-14-22-20-12(16)28-14)4-9(3-7)19-11(25)6-27-15-23-21-13(17)29-15/h2-4H,5-6H2,1H3,(H2,16,20)(H2,17,21)(H,18,24)(H,19,25). The second-order valence-corrected chi connectivity index (χ2v) is 10.0. The van der Waals surface area contributed by atoms with Crippen molar-refractivity contribution in [1.29, 1.82) is 0 Å². The van der Waals surface area contributed by atoms with Gasteiger partial charge in [-0.15, -0.1) is 20.4 Å². The van der Waals surface area contributed by atoms with Crippen molar-refractivity contribution >= 4 is 79.6 Å². The van der Waals surface area contributed by atoms with E-state index in [4.69, 9.17) is 11.5 Å². The molecule has 0 unspecified atom stereocenters. The topological polar surface area (TPSA) is 162 Å². The summed E-state index contributed by atoms with van der Waals surface area (Å²) < 4.78 is 1.26. The van der Waals surface area contributed by atoms with Crippen molar-refractivity contribution in [3.05, 3.63) is 23.8 Å². The summed E-state index contributed by atoms with van der Waals surface area (Å²) in [5.74, 6) is -0.0512. The maximum absolute atomic E-state index is 12.2. The van der Waals surface area contributed by atoms with Crippen LogP contribution in [0.4, 0.5) is 21.6 Å². The fourth-order valence-corrected chi connectivity index (χ4v) is 5.01. The smallest absolute Gasteiger partial charge is 0.234 e. The molecule has 3 aromatic rings. The number of aryl methyl sites for hydroxylation is 1. The van der Waals surface area contributed by atoms with E-state index in [9.17, 15) is 9.59 Å². The Balaban J connectivity index is 1.52. The zero-order chi connectivity index (χ0) is 20.8. The van der Waals surface area contributed by atoms with Crippen LogP contribution in [0.1, 0.15) is 5.56 Å². The minimum Gasteiger partial charge on any atom is -0.374 e. The monoisotopic (exact) mass is 468 g/mol. The van der Waals surface area contributed by atoms with Crippen LogP contribution in [0.2, 0.25) is 0 Å². The summed E-state index contributed by atoms with van der Waals surface area (Å²) in [4.78, 5) is 24.4. The molecule has 0 bridgehead atoms. The summed E-state index contributed by atoms with van der Waals surface area (Å²) >= 11 is 4.96. The molecular formula is C15H16N8O2S4. The lowest BCUT2D eigenvalue weighted by Gasteiger charge is -2.10. The van der Waals surface area contributed by atoms with Crippen molar-refractivity contribution < 1.29 is 9.59 Å². The lowest BCUT2D eigenvalue weighted by atomic mass is 10.2. The number of nitrogen functional groups attached to an aromatic ring is 2. The number of amides is 2. The molecule has 2 heterocycles. The van der Waals surface area contributed by atoms with Crippen LogP contribution in [0.25, 0.3) is 0 Å². The number of rotatable bonds is 8. The Morgan fingerprint density at radius 2 is 1.31 bits per heavy atom. The molecule has 0 aliphatic rings. The molecule has 0 radical (unpaired) electrons. The highest BCUT2D eigenvalue weighted by molar-refractivity contribution is 8.02. The van der Waals surface area contributed by atoms with Crippen LogP contribution in [0.3, 0.4) is 0 Å². The minimum atomic E-state index is -0.198. The third kappa shape index (κ3) is 6.85. The molecule has 0 aliphatic heterocycles. The van der Waals surface area contributed by atoms with Crippen LogP contribution in [0.5, 0.6) is 0 Å². The first-order valence-corrected chi connectivity index (χ1v) is 11.6. The summed E-state index contributed by atoms with van der Waals surface area (Å²) in [6.07, 6.45) is 0. The summed E-state index contributed by atoms with van der Waals surface area (Å²) in [6.45, 7) is 1.88. The third-order valence-corrected chi connectivity index (χ3v) is 6.91. The molecule has 3 rings (SSSR count). The van der Waals surface area contributed by atoms with Gasteiger partial charge in [-0.2, -0.15) is 0 Å². The van der Waals surface area contributed by atoms with Gasteiger partial charge in [-0.05, 0) is 30.7 Å². The number of hydrogen-bond acceptors (Lipinski definition) is 12. The van der Waals surface area contributed by atoms with Crippen molar-refractivity contribution in [2.75, 3.05) is 33.6 Å². The second-order valence-electron chi connectivity index (χ2n) is 5.57. The van der Waals surface area contributed by atoms with E-state index < -0.39 is 0 Å². The Bertz CT molecular complexity index is 945. The fraction of sp³-hybridized carbons (Fsp3) is 0.200. The molecule has 2 aromatic heterocycles. The van der Waals surface area contributed by atoms with Crippen LogP contribution < -0.4 is 22.1 Å². The maximum Gasteiger partial charge on any atom is 0.234 e. The van der Waals surface area contributed by atoms with Gasteiger partial charge in [0, 0.05) is 11.4 Å². The van der Waals surface area contributed by atoms with Crippen LogP contribution in [0, 0.1) is 6.92 Å². The van der Waals surface area contributed by atoms with Crippen LogP contribution in [0.15, 0.2) is 26.9 Å². The van der Waals surface area contributed by atoms with E-state index in [0.717, 1.165) is 5.56 Å². The van der Waals surface area contributed by atoms with Crippen molar-refractivity contribution in [1.82, 2.24) is 20.4 Å². The molecule has 0 atom stereocenters. The maximum atomic E-state index is 12.2. The lowest BCUT2D eigenvalue weighted by Crippen LogP contribution is -2.16. The predicted octanol–water partition coefficient (Wildman–Crippen LogP) is 2.32. The number of hydrogen-bond donors (Lipinski definition) is 4. The van der Waals surface area contributed by atoms with Gasteiger partial charge in [0.25, 0.3) is 0 Å². The Morgan fingerprint density at radius 3 is 1.69 bits per heavy atom. The summed E-state index contributed by atoms with van der Waals surface area (Å²) in [5, 5.41) is 21.5. The molecule has 6 N–H and O–H groups in total. The van der Waals surface area contributed by atoms with E-state index in [1.807, 2.05) is 19.1 Å². The molecule has 0 spiro atoms. The quantitative estimate of drug-likeness (QED) is 0.361. The SMILES string of the molecule is Cc1cc(NC(=O)CSc2nnc(N)s2)cc(NC(=O)CSc2nnc(N)s2)c1. The Morgan fingerprint density at radius 1 is 0.862 bits per heavy atom. The van der Waals surface area contributed by atoms with Gasteiger partial charge in [-0.1, -0.05) is 46.2 Å². The number of carbonyl (C=O) groups excluding carboxylic acids is 2. The molecule has 1 aromatic carbocycles. The van der Waals surface area contributed by atoms with Gasteiger partial charge >= 0.3 is 0 Å². The normalized spacial score (nSPS) is 10.7. The van der Waals surface area contributed by atoms with Crippen LogP contribution >= 0.6 is 46.2 Å². The van der Waals surface area contributed by atoms with E-state index in [1.165, 1.54) is 46.2 Å². The Hall–Kier alpha value is -2.42. The van der Waals surface area contributed by atoms with Gasteiger partial charge in [-0.3, -0.25) is 9.59 Å². The number of nitrogens with one attached hydrogen (secondary N) is 2. The number of nitrogens with two attached hydrogens (primary N) is 2. The number of aromatic nitrogens is 4. The first-order chi connectivity index (χ1) is 13.9. The lowest BCUT2D eigenvalue weighted by molar-refractivity contribution is -0.114. The summed E-state index contributed by atoms with van der Waals surface area (Å²) in [7, 11) is 0. The van der Waals surface area contributed by atoms with E-state index in [2.05, 4.69) is 31.0 Å². The summed E-state index contributed by atoms with van der Waals surface area (Å²) in [5.41, 5.74) is 13.1. The number of benzene rings is 1. The predicted molar refractivity (Wildman–Crippen MR) is 119 cm³/mol. The third-order valence-electron chi connectivity index (χ3n) is 3.14. The number of thioether (sulfide) groups is 2. The van der Waals surface area contributed by atoms with Crippen molar-refractivity contribution in [3.8, 4) is 0 Å². The van der Waals surface area contributed by atoms with Gasteiger partial charge in [0.1, 0.15) is 0 Å². The van der Waals surface area contributed by atoms with E-state index in [0.29, 0.717) is 30.3 Å². The van der Waals surface area contributed by atoms with Crippen LogP contribution in [-0.4, -0.2) is 43.7 Å². The molecule has 152 valence electrons. The molecule has 0 fully saturated rings. The number of anilines is 4. The molecule has 0 saturated heterocycles. The molecule has 14 heteroatoms. The van der Waals surface area contributed by atoms with Gasteiger partial charge in [0.05, 0.1) is 11.5 Å². The van der Waals surface area contributed by atoms with Crippen molar-refractivity contribution in [2.45, 2.75) is 15.6 Å². The number of nitrogens with zero attached hydrogens (tertiary/aromatic N) is 4. The highest BCUT2D eigenvalue weighted by Crippen LogP contribution is 2.25. The van der Waals surface area contributed by atoms with Crippen LogP contribution in [-0.2, 0) is 9.59 Å². The molecule has 0 saturated carbocycles. The van der Waals surface area contributed by atoms with Gasteiger partial charge in [0.15, 0.2) is 8.68 Å². The van der Waals surface area contributed by atoms with Gasteiger partial charge in [-0.25, -0.2) is 0 Å². The first-order valence-electron chi connectivity index (χ1n) is 8.02. The zero-order valence-corrected chi connectivity index (χ0v) is 18.3. The van der Waals surface area contributed by atoms with Crippen molar-refractivity contribution in [3.63, 3.8) is 0 Å². The second kappa shape index (κ2) is 9.87. The van der Waals surface area contributed by atoms with E-state index in [1.54, 1.807) is 6.07 Å². The molecule has 10 nitrogen and oxygen atoms in total. The van der Waals surface area contributed by atoms with E-state index in [-0.39, 0.29) is 23.3 Å². The van der Waals surface area contributed by atoms with E-state index >= 15 is 0 Å². The Labute approximate surface area is 182 Å². The highest BCUT2D eigenvalue weighted by Gasteiger charge is 2.10. The molecule has 29 heavy (non-hydrogen) atoms. The minimum absolute atomic E-state index is 0.173. The molecule has 2 amide bonds. The number of carbonyl (C=O) groups is 2. The van der Waals surface area contributed by atoms with Gasteiger partial charge in [0.2, 0.25) is 22.1 Å². The zero-order valence-electron chi connectivity index (χ0n) is 15.0. The fourth-order valence-electron chi connectivity index (χ4n) is 2.13. The average molecular weight is 469 g/mol. The Kier molecular flexibility index (Phi) is 7.24. The highest BCUT2D eigenvalue weighted by atomic mass is 32.2. The van der Waals surface area contributed by atoms with Gasteiger partial charge < -0.3 is 22.1 Å². The largest absolute Gasteiger partial charge is 0.374 e. The first kappa shape index (κ1) is 21.3. The molecule has 0 aliphatic carbocycles.